The van der Waals surface area contributed by atoms with E-state index in [1.165, 1.54) is 27.4 Å². The van der Waals surface area contributed by atoms with Crippen molar-refractivity contribution in [2.45, 2.75) is 0 Å². The molecule has 4 aromatic carbocycles. The van der Waals surface area contributed by atoms with Gasteiger partial charge in [0, 0.05) is 0 Å². The zero-order valence-corrected chi connectivity index (χ0v) is 18.0. The van der Waals surface area contributed by atoms with E-state index in [9.17, 15) is 5.26 Å². The van der Waals surface area contributed by atoms with Gasteiger partial charge in [-0.1, -0.05) is 0 Å². The van der Waals surface area contributed by atoms with Gasteiger partial charge in [-0.25, -0.2) is 0 Å². The van der Waals surface area contributed by atoms with Gasteiger partial charge in [-0.2, -0.15) is 0 Å². The Hall–Kier alpha value is -2.72. The molecule has 28 heavy (non-hydrogen) atoms. The van der Waals surface area contributed by atoms with Crippen LogP contribution < -0.4 is 17.4 Å². The van der Waals surface area contributed by atoms with Crippen LogP contribution in [-0.4, -0.2) is 11.3 Å². The molecule has 4 aromatic rings. The first kappa shape index (κ1) is 18.6. The van der Waals surface area contributed by atoms with E-state index in [0.717, 1.165) is 0 Å². The van der Waals surface area contributed by atoms with Gasteiger partial charge in [0.2, 0.25) is 0 Å². The summed E-state index contributed by atoms with van der Waals surface area (Å²) in [5, 5.41) is 12.7. The third kappa shape index (κ3) is 2.63. The molecule has 0 radical (unpaired) electrons. The molecule has 0 unspecified atom stereocenters. The molecule has 0 saturated carbocycles. The minimum atomic E-state index is -4.09. The third-order valence-electron chi connectivity index (χ3n) is 5.22. The van der Waals surface area contributed by atoms with E-state index in [-0.39, 0.29) is 0 Å². The Morgan fingerprint density at radius 2 is 0.714 bits per heavy atom. The van der Waals surface area contributed by atoms with Crippen LogP contribution in [0.2, 0.25) is 0 Å². The van der Waals surface area contributed by atoms with Gasteiger partial charge in [0.25, 0.3) is 0 Å². The summed E-state index contributed by atoms with van der Waals surface area (Å²) < 4.78 is 4.93. The summed E-state index contributed by atoms with van der Waals surface area (Å²) in [4.78, 5) is 0. The molecule has 0 saturated heterocycles. The number of nitrogens with zero attached hydrogens (tertiary/aromatic N) is 1. The molecule has 1 nitrogen and oxygen atoms in total. The van der Waals surface area contributed by atoms with Crippen molar-refractivity contribution in [3.63, 3.8) is 0 Å². The quantitative estimate of drug-likeness (QED) is 0.348. The maximum atomic E-state index is 10.2. The van der Waals surface area contributed by atoms with Crippen LogP contribution >= 0.6 is 10.0 Å². The molecule has 0 spiro atoms. The van der Waals surface area contributed by atoms with Crippen LogP contribution in [0.4, 0.5) is 0 Å². The fourth-order valence-corrected chi connectivity index (χ4v) is 20.8. The van der Waals surface area contributed by atoms with Gasteiger partial charge in [0.1, 0.15) is 0 Å². The van der Waals surface area contributed by atoms with Crippen molar-refractivity contribution in [2.24, 2.45) is 0 Å². The van der Waals surface area contributed by atoms with E-state index in [1.807, 2.05) is 24.3 Å². The monoisotopic (exact) mass is 441 g/mol. The Balaban J connectivity index is 2.30. The minimum absolute atomic E-state index is 1.23. The summed E-state index contributed by atoms with van der Waals surface area (Å²) >= 11 is -4.09. The van der Waals surface area contributed by atoms with Crippen molar-refractivity contribution in [3.05, 3.63) is 121 Å². The van der Waals surface area contributed by atoms with Crippen LogP contribution in [0.15, 0.2) is 121 Å². The molecule has 4 rings (SSSR count). The van der Waals surface area contributed by atoms with Crippen LogP contribution in [-0.2, 0) is 0 Å². The molecule has 0 aliphatic rings. The van der Waals surface area contributed by atoms with Gasteiger partial charge < -0.3 is 0 Å². The molecule has 0 atom stereocenters. The molecule has 0 fully saturated rings. The number of nitriles is 1. The number of thiocyanates is 1. The van der Waals surface area contributed by atoms with Gasteiger partial charge in [-0.3, -0.25) is 0 Å². The van der Waals surface area contributed by atoms with Crippen LogP contribution in [0.3, 0.4) is 0 Å². The molecule has 0 bridgehead atoms. The van der Waals surface area contributed by atoms with Gasteiger partial charge >= 0.3 is 171 Å². The number of benzene rings is 4. The molecular weight excluding hydrogens is 421 g/mol. The molecular formula is C25H20AsNS. The van der Waals surface area contributed by atoms with Crippen LogP contribution in [0, 0.1) is 10.7 Å². The zero-order valence-electron chi connectivity index (χ0n) is 15.3. The number of hydrogen-bond acceptors (Lipinski definition) is 2. The second kappa shape index (κ2) is 7.72. The van der Waals surface area contributed by atoms with Gasteiger partial charge in [0.15, 0.2) is 0 Å². The van der Waals surface area contributed by atoms with Gasteiger partial charge in [0.05, 0.1) is 0 Å². The summed E-state index contributed by atoms with van der Waals surface area (Å²) in [6.07, 6.45) is 0. The Morgan fingerprint density at radius 3 is 0.929 bits per heavy atom. The van der Waals surface area contributed by atoms with E-state index in [1.54, 1.807) is 0 Å². The van der Waals surface area contributed by atoms with Crippen molar-refractivity contribution in [1.82, 2.24) is 0 Å². The second-order valence-electron chi connectivity index (χ2n) is 6.56. The van der Waals surface area contributed by atoms with Crippen LogP contribution in [0.1, 0.15) is 0 Å². The van der Waals surface area contributed by atoms with Crippen LogP contribution in [0.25, 0.3) is 0 Å². The van der Waals surface area contributed by atoms with Gasteiger partial charge in [-0.15, -0.1) is 0 Å². The molecule has 3 heteroatoms. The predicted octanol–water partition coefficient (Wildman–Crippen LogP) is 3.73. The topological polar surface area (TPSA) is 23.8 Å². The first-order valence-corrected chi connectivity index (χ1v) is 16.0. The van der Waals surface area contributed by atoms with Gasteiger partial charge in [-0.05, 0) is 0 Å². The predicted molar refractivity (Wildman–Crippen MR) is 123 cm³/mol. The normalized spacial score (nSPS) is 12.5. The summed E-state index contributed by atoms with van der Waals surface area (Å²) in [7, 11) is 1.47. The first-order chi connectivity index (χ1) is 13.8. The summed E-state index contributed by atoms with van der Waals surface area (Å²) in [6, 6.07) is 42.4. The van der Waals surface area contributed by atoms with Crippen molar-refractivity contribution >= 4 is 38.7 Å². The average Bonchev–Trinajstić information content (AvgIpc) is 2.80. The maximum absolute atomic E-state index is 10.2. The molecule has 0 aliphatic heterocycles. The first-order valence-electron chi connectivity index (χ1n) is 9.15. The Kier molecular flexibility index (Phi) is 5.14. The number of hydrogen-bond donors (Lipinski definition) is 0. The number of rotatable bonds is 5. The fourth-order valence-electron chi connectivity index (χ4n) is 4.04. The molecule has 0 aromatic heterocycles. The van der Waals surface area contributed by atoms with Crippen molar-refractivity contribution in [3.8, 4) is 5.40 Å². The Bertz CT molecular complexity index is 921. The Labute approximate surface area is 170 Å². The summed E-state index contributed by atoms with van der Waals surface area (Å²) in [5.74, 6) is 0. The fraction of sp³-hybridized carbons (Fsp3) is 0. The summed E-state index contributed by atoms with van der Waals surface area (Å²) in [6.45, 7) is 0. The standard InChI is InChI=1S/C25H20AsNS/c27-21-28-26(22-13-5-1-6-14-22,23-15-7-2-8-16-23,24-17-9-3-10-18-24)25-19-11-4-12-20-25/h1-20H. The third-order valence-corrected chi connectivity index (χ3v) is 23.6. The van der Waals surface area contributed by atoms with E-state index in [2.05, 4.69) is 102 Å². The van der Waals surface area contributed by atoms with E-state index < -0.39 is 11.3 Å². The zero-order chi connectivity index (χ0) is 19.3. The molecule has 0 heterocycles. The molecule has 136 valence electrons. The SMILES string of the molecule is N#CS[As](c1ccccc1)(c1ccccc1)(c1ccccc1)c1ccccc1. The van der Waals surface area contributed by atoms with E-state index in [4.69, 9.17) is 0 Å². The van der Waals surface area contributed by atoms with Crippen molar-refractivity contribution < 1.29 is 0 Å². The molecule has 0 aliphatic carbocycles. The average molecular weight is 441 g/mol. The molecule has 0 N–H and O–H groups in total. The summed E-state index contributed by atoms with van der Waals surface area (Å²) in [5.41, 5.74) is 0. The Morgan fingerprint density at radius 1 is 0.464 bits per heavy atom. The molecule has 0 amide bonds. The van der Waals surface area contributed by atoms with E-state index in [0.29, 0.717) is 0 Å². The van der Waals surface area contributed by atoms with Crippen LogP contribution in [0.5, 0.6) is 0 Å². The van der Waals surface area contributed by atoms with Crippen molar-refractivity contribution in [1.29, 1.82) is 5.26 Å². The van der Waals surface area contributed by atoms with E-state index >= 15 is 0 Å². The second-order valence-corrected chi connectivity index (χ2v) is 20.6. The van der Waals surface area contributed by atoms with Crippen molar-refractivity contribution in [2.75, 3.05) is 0 Å².